The molecule has 1 aliphatic rings. The summed E-state index contributed by atoms with van der Waals surface area (Å²) in [6.07, 6.45) is 3.18. The van der Waals surface area contributed by atoms with Crippen LogP contribution in [0.5, 0.6) is 0 Å². The molecule has 1 aromatic carbocycles. The van der Waals surface area contributed by atoms with Gasteiger partial charge in [0.15, 0.2) is 11.5 Å². The number of para-hydroxylation sites is 1. The summed E-state index contributed by atoms with van der Waals surface area (Å²) in [6.45, 7) is 0. The minimum absolute atomic E-state index is 0.173. The molecule has 2 N–H and O–H groups in total. The van der Waals surface area contributed by atoms with Crippen molar-refractivity contribution in [3.63, 3.8) is 0 Å². The standard InChI is InChI=1S/C12H13ClN2O/c13-8-2-1-3-10-12(8)16-11(15-10)6-9(14)7-4-5-7/h1-3,7,9H,4-6,14H2. The Hall–Kier alpha value is -1.06. The number of halogens is 1. The molecule has 0 bridgehead atoms. The van der Waals surface area contributed by atoms with Crippen molar-refractivity contribution < 1.29 is 4.42 Å². The molecule has 1 atom stereocenters. The molecule has 2 aromatic rings. The fourth-order valence-corrected chi connectivity index (χ4v) is 2.15. The lowest BCUT2D eigenvalue weighted by molar-refractivity contribution is 0.475. The number of rotatable bonds is 3. The van der Waals surface area contributed by atoms with Crippen LogP contribution >= 0.6 is 11.6 Å². The highest BCUT2D eigenvalue weighted by Crippen LogP contribution is 2.33. The average Bonchev–Trinajstić information content (AvgIpc) is 3.01. The van der Waals surface area contributed by atoms with E-state index in [9.17, 15) is 0 Å². The van der Waals surface area contributed by atoms with Crippen LogP contribution in [0.2, 0.25) is 5.02 Å². The summed E-state index contributed by atoms with van der Waals surface area (Å²) in [7, 11) is 0. The van der Waals surface area contributed by atoms with Gasteiger partial charge in [0.1, 0.15) is 5.52 Å². The Kier molecular flexibility index (Phi) is 2.37. The molecule has 4 heteroatoms. The maximum atomic E-state index is 6.04. The smallest absolute Gasteiger partial charge is 0.197 e. The van der Waals surface area contributed by atoms with Crippen LogP contribution in [-0.2, 0) is 6.42 Å². The molecule has 1 saturated carbocycles. The first-order valence-electron chi connectivity index (χ1n) is 5.53. The fourth-order valence-electron chi connectivity index (χ4n) is 1.94. The second kappa shape index (κ2) is 3.75. The second-order valence-electron chi connectivity index (χ2n) is 4.40. The molecule has 0 amide bonds. The Balaban J connectivity index is 1.89. The number of fused-ring (bicyclic) bond motifs is 1. The average molecular weight is 237 g/mol. The molecule has 1 unspecified atom stereocenters. The molecule has 0 saturated heterocycles. The summed E-state index contributed by atoms with van der Waals surface area (Å²) in [5, 5.41) is 0.608. The first kappa shape index (κ1) is 10.1. The van der Waals surface area contributed by atoms with E-state index in [1.807, 2.05) is 12.1 Å². The number of nitrogens with zero attached hydrogens (tertiary/aromatic N) is 1. The Labute approximate surface area is 98.6 Å². The zero-order valence-corrected chi connectivity index (χ0v) is 9.57. The first-order chi connectivity index (χ1) is 7.74. The lowest BCUT2D eigenvalue weighted by atomic mass is 10.1. The molecule has 84 valence electrons. The van der Waals surface area contributed by atoms with Gasteiger partial charge >= 0.3 is 0 Å². The van der Waals surface area contributed by atoms with Gasteiger partial charge in [-0.3, -0.25) is 0 Å². The van der Waals surface area contributed by atoms with Crippen LogP contribution in [0.3, 0.4) is 0 Å². The third-order valence-electron chi connectivity index (χ3n) is 3.05. The van der Waals surface area contributed by atoms with Crippen LogP contribution in [-0.4, -0.2) is 11.0 Å². The van der Waals surface area contributed by atoms with Gasteiger partial charge in [-0.05, 0) is 30.9 Å². The zero-order chi connectivity index (χ0) is 11.1. The molecule has 0 aliphatic heterocycles. The number of benzene rings is 1. The minimum Gasteiger partial charge on any atom is -0.439 e. The fraction of sp³-hybridized carbons (Fsp3) is 0.417. The number of oxazole rings is 1. The third-order valence-corrected chi connectivity index (χ3v) is 3.35. The molecule has 0 spiro atoms. The monoisotopic (exact) mass is 236 g/mol. The van der Waals surface area contributed by atoms with Crippen molar-refractivity contribution in [2.45, 2.75) is 25.3 Å². The minimum atomic E-state index is 0.173. The van der Waals surface area contributed by atoms with Crippen molar-refractivity contribution in [1.82, 2.24) is 4.98 Å². The van der Waals surface area contributed by atoms with Crippen LogP contribution < -0.4 is 5.73 Å². The molecule has 0 radical (unpaired) electrons. The van der Waals surface area contributed by atoms with Crippen molar-refractivity contribution in [3.05, 3.63) is 29.1 Å². The van der Waals surface area contributed by atoms with E-state index in [1.165, 1.54) is 12.8 Å². The maximum Gasteiger partial charge on any atom is 0.197 e. The van der Waals surface area contributed by atoms with Crippen LogP contribution in [0.15, 0.2) is 22.6 Å². The highest BCUT2D eigenvalue weighted by Gasteiger charge is 2.29. The molecular weight excluding hydrogens is 224 g/mol. The highest BCUT2D eigenvalue weighted by molar-refractivity contribution is 6.34. The van der Waals surface area contributed by atoms with Crippen LogP contribution in [0.25, 0.3) is 11.1 Å². The maximum absolute atomic E-state index is 6.04. The van der Waals surface area contributed by atoms with Gasteiger partial charge in [0.25, 0.3) is 0 Å². The molecule has 1 heterocycles. The van der Waals surface area contributed by atoms with E-state index in [0.29, 0.717) is 28.8 Å². The van der Waals surface area contributed by atoms with Crippen molar-refractivity contribution in [1.29, 1.82) is 0 Å². The van der Waals surface area contributed by atoms with Crippen molar-refractivity contribution >= 4 is 22.7 Å². The summed E-state index contributed by atoms with van der Waals surface area (Å²) in [5.41, 5.74) is 7.52. The predicted molar refractivity (Wildman–Crippen MR) is 63.4 cm³/mol. The summed E-state index contributed by atoms with van der Waals surface area (Å²) >= 11 is 6.02. The molecule has 3 nitrogen and oxygen atoms in total. The van der Waals surface area contributed by atoms with Crippen LogP contribution in [0, 0.1) is 5.92 Å². The van der Waals surface area contributed by atoms with Crippen molar-refractivity contribution in [2.75, 3.05) is 0 Å². The van der Waals surface area contributed by atoms with E-state index < -0.39 is 0 Å². The summed E-state index contributed by atoms with van der Waals surface area (Å²) in [5.74, 6) is 1.35. The first-order valence-corrected chi connectivity index (χ1v) is 5.91. The van der Waals surface area contributed by atoms with Crippen LogP contribution in [0.4, 0.5) is 0 Å². The van der Waals surface area contributed by atoms with E-state index in [-0.39, 0.29) is 6.04 Å². The molecular formula is C12H13ClN2O. The Morgan fingerprint density at radius 3 is 3.00 bits per heavy atom. The van der Waals surface area contributed by atoms with Gasteiger partial charge in [0, 0.05) is 12.5 Å². The van der Waals surface area contributed by atoms with Gasteiger partial charge in [-0.15, -0.1) is 0 Å². The lowest BCUT2D eigenvalue weighted by Crippen LogP contribution is -2.25. The van der Waals surface area contributed by atoms with Gasteiger partial charge in [-0.2, -0.15) is 0 Å². The number of hydrogen-bond acceptors (Lipinski definition) is 3. The SMILES string of the molecule is NC(Cc1nc2cccc(Cl)c2o1)C1CC1. The molecule has 1 aromatic heterocycles. The van der Waals surface area contributed by atoms with E-state index >= 15 is 0 Å². The van der Waals surface area contributed by atoms with Gasteiger partial charge in [0.2, 0.25) is 0 Å². The van der Waals surface area contributed by atoms with Crippen molar-refractivity contribution in [2.24, 2.45) is 11.7 Å². The topological polar surface area (TPSA) is 52.0 Å². The van der Waals surface area contributed by atoms with E-state index in [4.69, 9.17) is 21.8 Å². The normalized spacial score (nSPS) is 17.9. The zero-order valence-electron chi connectivity index (χ0n) is 8.82. The predicted octanol–water partition coefficient (Wildman–Crippen LogP) is 2.76. The number of nitrogens with two attached hydrogens (primary N) is 1. The highest BCUT2D eigenvalue weighted by atomic mass is 35.5. The van der Waals surface area contributed by atoms with Gasteiger partial charge < -0.3 is 10.2 Å². The summed E-state index contributed by atoms with van der Waals surface area (Å²) in [6, 6.07) is 5.75. The molecule has 1 aliphatic carbocycles. The third kappa shape index (κ3) is 1.81. The second-order valence-corrected chi connectivity index (χ2v) is 4.81. The Morgan fingerprint density at radius 1 is 1.50 bits per heavy atom. The van der Waals surface area contributed by atoms with Gasteiger partial charge in [-0.25, -0.2) is 4.98 Å². The number of hydrogen-bond donors (Lipinski definition) is 1. The lowest BCUT2D eigenvalue weighted by Gasteiger charge is -2.05. The largest absolute Gasteiger partial charge is 0.439 e. The molecule has 3 rings (SSSR count). The van der Waals surface area contributed by atoms with Gasteiger partial charge in [0.05, 0.1) is 5.02 Å². The van der Waals surface area contributed by atoms with E-state index in [0.717, 1.165) is 5.52 Å². The summed E-state index contributed by atoms with van der Waals surface area (Å²) < 4.78 is 5.62. The van der Waals surface area contributed by atoms with Crippen molar-refractivity contribution in [3.8, 4) is 0 Å². The van der Waals surface area contributed by atoms with E-state index in [1.54, 1.807) is 6.07 Å². The molecule has 16 heavy (non-hydrogen) atoms. The van der Waals surface area contributed by atoms with Gasteiger partial charge in [-0.1, -0.05) is 17.7 Å². The summed E-state index contributed by atoms with van der Waals surface area (Å²) in [4.78, 5) is 4.39. The number of aromatic nitrogens is 1. The Morgan fingerprint density at radius 2 is 2.31 bits per heavy atom. The van der Waals surface area contributed by atoms with E-state index in [2.05, 4.69) is 4.98 Å². The van der Waals surface area contributed by atoms with Crippen LogP contribution in [0.1, 0.15) is 18.7 Å². The molecule has 1 fully saturated rings. The quantitative estimate of drug-likeness (QED) is 0.892. The Bertz CT molecular complexity index is 519.